The van der Waals surface area contributed by atoms with Crippen LogP contribution < -0.4 is 10.6 Å². The molecule has 0 fully saturated rings. The molecule has 28 heavy (non-hydrogen) atoms. The van der Waals surface area contributed by atoms with Crippen molar-refractivity contribution in [1.82, 2.24) is 10.3 Å². The summed E-state index contributed by atoms with van der Waals surface area (Å²) < 4.78 is 0. The van der Waals surface area contributed by atoms with Crippen molar-refractivity contribution in [2.45, 2.75) is 27.2 Å². The van der Waals surface area contributed by atoms with Gasteiger partial charge in [0.25, 0.3) is 11.8 Å². The van der Waals surface area contributed by atoms with E-state index in [1.165, 1.54) is 16.9 Å². The van der Waals surface area contributed by atoms with Crippen LogP contribution in [0.5, 0.6) is 0 Å². The molecule has 2 N–H and O–H groups in total. The number of aryl methyl sites for hydroxylation is 3. The number of hydrogen-bond acceptors (Lipinski definition) is 4. The molecular weight excluding hydrogens is 370 g/mol. The quantitative estimate of drug-likeness (QED) is 0.665. The van der Waals surface area contributed by atoms with Crippen molar-refractivity contribution in [3.05, 3.63) is 69.7 Å². The molecular formula is C22H23N3O2S. The Morgan fingerprint density at radius 2 is 1.75 bits per heavy atom. The molecule has 0 aliphatic carbocycles. The summed E-state index contributed by atoms with van der Waals surface area (Å²) >= 11 is 1.37. The number of nitrogens with one attached hydrogen (secondary N) is 2. The third-order valence-corrected chi connectivity index (χ3v) is 5.79. The van der Waals surface area contributed by atoms with E-state index in [1.807, 2.05) is 32.0 Å². The number of amides is 2. The van der Waals surface area contributed by atoms with Crippen LogP contribution in [0.1, 0.15) is 43.8 Å². The molecule has 0 spiro atoms. The van der Waals surface area contributed by atoms with Crippen LogP contribution in [0, 0.1) is 13.8 Å². The minimum absolute atomic E-state index is 0.192. The summed E-state index contributed by atoms with van der Waals surface area (Å²) in [4.78, 5) is 29.8. The molecule has 0 unspecified atom stereocenters. The number of thiazole rings is 1. The van der Waals surface area contributed by atoms with Crippen molar-refractivity contribution in [1.29, 1.82) is 0 Å². The molecule has 0 aliphatic heterocycles. The van der Waals surface area contributed by atoms with Gasteiger partial charge in [-0.15, -0.1) is 11.3 Å². The minimum Gasteiger partial charge on any atom is -0.355 e. The maximum Gasteiger partial charge on any atom is 0.267 e. The predicted molar refractivity (Wildman–Crippen MR) is 114 cm³/mol. The highest BCUT2D eigenvalue weighted by Gasteiger charge is 2.18. The lowest BCUT2D eigenvalue weighted by atomic mass is 10.1. The Labute approximate surface area is 168 Å². The SMILES string of the molecule is CCc1ccc(-c2nc(C)c(C(=O)Nc3cc(C(=O)NC)ccc3C)s2)cc1. The van der Waals surface area contributed by atoms with Gasteiger partial charge in [-0.1, -0.05) is 37.3 Å². The van der Waals surface area contributed by atoms with E-state index >= 15 is 0 Å². The molecule has 0 bridgehead atoms. The van der Waals surface area contributed by atoms with Gasteiger partial charge < -0.3 is 10.6 Å². The molecule has 1 aromatic heterocycles. The summed E-state index contributed by atoms with van der Waals surface area (Å²) in [6.07, 6.45) is 0.985. The van der Waals surface area contributed by atoms with Crippen LogP contribution in [0.2, 0.25) is 0 Å². The van der Waals surface area contributed by atoms with Crippen molar-refractivity contribution in [3.8, 4) is 10.6 Å². The van der Waals surface area contributed by atoms with E-state index in [4.69, 9.17) is 0 Å². The van der Waals surface area contributed by atoms with E-state index in [0.717, 1.165) is 22.6 Å². The molecule has 1 heterocycles. The molecule has 144 valence electrons. The predicted octanol–water partition coefficient (Wildman–Crippen LogP) is 4.60. The maximum absolute atomic E-state index is 12.8. The number of benzene rings is 2. The number of aromatic nitrogens is 1. The molecule has 2 aromatic carbocycles. The van der Waals surface area contributed by atoms with Crippen LogP contribution in [0.4, 0.5) is 5.69 Å². The molecule has 3 rings (SSSR count). The molecule has 0 saturated heterocycles. The molecule has 2 amide bonds. The Kier molecular flexibility index (Phi) is 5.90. The van der Waals surface area contributed by atoms with Crippen LogP contribution in [0.15, 0.2) is 42.5 Å². The summed E-state index contributed by atoms with van der Waals surface area (Å²) in [7, 11) is 1.58. The first-order valence-electron chi connectivity index (χ1n) is 9.13. The maximum atomic E-state index is 12.8. The molecule has 5 nitrogen and oxygen atoms in total. The Balaban J connectivity index is 1.85. The van der Waals surface area contributed by atoms with Gasteiger partial charge in [0.15, 0.2) is 0 Å². The third kappa shape index (κ3) is 4.12. The highest BCUT2D eigenvalue weighted by molar-refractivity contribution is 7.17. The molecule has 0 aliphatic rings. The Morgan fingerprint density at radius 1 is 1.04 bits per heavy atom. The number of anilines is 1. The van der Waals surface area contributed by atoms with Gasteiger partial charge in [-0.05, 0) is 43.5 Å². The number of nitrogens with zero attached hydrogens (tertiary/aromatic N) is 1. The van der Waals surface area contributed by atoms with Crippen molar-refractivity contribution in [2.75, 3.05) is 12.4 Å². The highest BCUT2D eigenvalue weighted by atomic mass is 32.1. The Bertz CT molecular complexity index is 1020. The first kappa shape index (κ1) is 19.8. The van der Waals surface area contributed by atoms with E-state index in [1.54, 1.807) is 19.2 Å². The fourth-order valence-electron chi connectivity index (χ4n) is 2.83. The lowest BCUT2D eigenvalue weighted by Gasteiger charge is -2.09. The molecule has 0 radical (unpaired) electrons. The Morgan fingerprint density at radius 3 is 2.39 bits per heavy atom. The summed E-state index contributed by atoms with van der Waals surface area (Å²) in [5, 5.41) is 6.33. The van der Waals surface area contributed by atoms with Gasteiger partial charge in [-0.3, -0.25) is 9.59 Å². The third-order valence-electron chi connectivity index (χ3n) is 4.59. The van der Waals surface area contributed by atoms with Crippen LogP contribution in [-0.4, -0.2) is 23.8 Å². The average Bonchev–Trinajstić information content (AvgIpc) is 3.10. The van der Waals surface area contributed by atoms with Gasteiger partial charge in [-0.2, -0.15) is 0 Å². The summed E-state index contributed by atoms with van der Waals surface area (Å²) in [5.74, 6) is -0.411. The topological polar surface area (TPSA) is 71.1 Å². The van der Waals surface area contributed by atoms with Gasteiger partial charge >= 0.3 is 0 Å². The zero-order valence-corrected chi connectivity index (χ0v) is 17.2. The van der Waals surface area contributed by atoms with Gasteiger partial charge in [0.05, 0.1) is 5.69 Å². The monoisotopic (exact) mass is 393 g/mol. The van der Waals surface area contributed by atoms with Gasteiger partial charge in [0.2, 0.25) is 0 Å². The second kappa shape index (κ2) is 8.35. The fraction of sp³-hybridized carbons (Fsp3) is 0.227. The van der Waals surface area contributed by atoms with Gasteiger partial charge in [0, 0.05) is 23.9 Å². The van der Waals surface area contributed by atoms with Gasteiger partial charge in [0.1, 0.15) is 9.88 Å². The molecule has 0 saturated carbocycles. The van der Waals surface area contributed by atoms with Crippen LogP contribution >= 0.6 is 11.3 Å². The standard InChI is InChI=1S/C22H23N3O2S/c1-5-15-7-10-16(11-8-15)22-24-14(3)19(28-22)21(27)25-18-12-17(20(26)23-4)9-6-13(18)2/h6-12H,5H2,1-4H3,(H,23,26)(H,25,27). The Hall–Kier alpha value is -2.99. The van der Waals surface area contributed by atoms with Crippen molar-refractivity contribution >= 4 is 28.8 Å². The number of carbonyl (C=O) groups is 2. The first-order chi connectivity index (χ1) is 13.4. The second-order valence-corrected chi connectivity index (χ2v) is 7.55. The van der Waals surface area contributed by atoms with Crippen molar-refractivity contribution < 1.29 is 9.59 Å². The second-order valence-electron chi connectivity index (χ2n) is 6.55. The molecule has 0 atom stereocenters. The summed E-state index contributed by atoms with van der Waals surface area (Å²) in [6, 6.07) is 13.5. The fourth-order valence-corrected chi connectivity index (χ4v) is 3.80. The molecule has 6 heteroatoms. The minimum atomic E-state index is -0.219. The van der Waals surface area contributed by atoms with Crippen LogP contribution in [0.25, 0.3) is 10.6 Å². The van der Waals surface area contributed by atoms with E-state index in [0.29, 0.717) is 21.8 Å². The number of hydrogen-bond donors (Lipinski definition) is 2. The normalized spacial score (nSPS) is 10.6. The van der Waals surface area contributed by atoms with E-state index < -0.39 is 0 Å². The first-order valence-corrected chi connectivity index (χ1v) is 9.95. The largest absolute Gasteiger partial charge is 0.355 e. The van der Waals surface area contributed by atoms with Crippen molar-refractivity contribution in [3.63, 3.8) is 0 Å². The zero-order valence-electron chi connectivity index (χ0n) is 16.4. The lowest BCUT2D eigenvalue weighted by Crippen LogP contribution is -2.19. The van der Waals surface area contributed by atoms with E-state index in [9.17, 15) is 9.59 Å². The van der Waals surface area contributed by atoms with E-state index in [-0.39, 0.29) is 11.8 Å². The van der Waals surface area contributed by atoms with Gasteiger partial charge in [-0.25, -0.2) is 4.98 Å². The van der Waals surface area contributed by atoms with Crippen molar-refractivity contribution in [2.24, 2.45) is 0 Å². The van der Waals surface area contributed by atoms with Crippen LogP contribution in [0.3, 0.4) is 0 Å². The zero-order chi connectivity index (χ0) is 20.3. The molecule has 3 aromatic rings. The highest BCUT2D eigenvalue weighted by Crippen LogP contribution is 2.29. The van der Waals surface area contributed by atoms with Crippen LogP contribution in [-0.2, 0) is 6.42 Å². The smallest absolute Gasteiger partial charge is 0.267 e. The summed E-state index contributed by atoms with van der Waals surface area (Å²) in [6.45, 7) is 5.85. The number of carbonyl (C=O) groups excluding carboxylic acids is 2. The number of rotatable bonds is 5. The van der Waals surface area contributed by atoms with E-state index in [2.05, 4.69) is 34.7 Å². The average molecular weight is 394 g/mol. The lowest BCUT2D eigenvalue weighted by molar-refractivity contribution is 0.0961. The summed E-state index contributed by atoms with van der Waals surface area (Å²) in [5.41, 5.74) is 4.97.